The summed E-state index contributed by atoms with van der Waals surface area (Å²) in [6, 6.07) is 3.02. The number of amides is 1. The minimum absolute atomic E-state index is 0.133. The minimum Gasteiger partial charge on any atom is -0.366 e. The summed E-state index contributed by atoms with van der Waals surface area (Å²) in [6.45, 7) is 5.01. The third-order valence-corrected chi connectivity index (χ3v) is 4.21. The van der Waals surface area contributed by atoms with Crippen LogP contribution in [-0.2, 0) is 4.79 Å². The average molecular weight is 276 g/mol. The normalized spacial score (nSPS) is 25.6. The molecule has 2 unspecified atom stereocenters. The van der Waals surface area contributed by atoms with Gasteiger partial charge < -0.3 is 10.2 Å². The molecule has 1 fully saturated rings. The second-order valence-electron chi connectivity index (χ2n) is 5.82. The molecule has 3 rings (SSSR count). The molecular formula is C15H17FN2O2. The second kappa shape index (κ2) is 4.58. The Labute approximate surface area is 117 Å². The maximum absolute atomic E-state index is 14.3. The highest BCUT2D eigenvalue weighted by Crippen LogP contribution is 2.35. The minimum atomic E-state index is -0.684. The summed E-state index contributed by atoms with van der Waals surface area (Å²) < 4.78 is 14.3. The number of rotatable bonds is 1. The van der Waals surface area contributed by atoms with Crippen LogP contribution < -0.4 is 10.2 Å². The first-order valence-corrected chi connectivity index (χ1v) is 6.93. The first kappa shape index (κ1) is 13.1. The monoisotopic (exact) mass is 276 g/mol. The van der Waals surface area contributed by atoms with Crippen LogP contribution in [0.2, 0.25) is 0 Å². The maximum Gasteiger partial charge on any atom is 0.296 e. The quantitative estimate of drug-likeness (QED) is 0.802. The lowest BCUT2D eigenvalue weighted by molar-refractivity contribution is -0.112. The number of piperidine rings is 1. The van der Waals surface area contributed by atoms with E-state index in [1.807, 2.05) is 4.90 Å². The number of halogens is 1. The Bertz CT molecular complexity index is 600. The van der Waals surface area contributed by atoms with E-state index < -0.39 is 17.5 Å². The lowest BCUT2D eigenvalue weighted by atomic mass is 9.94. The van der Waals surface area contributed by atoms with E-state index in [1.165, 1.54) is 6.07 Å². The topological polar surface area (TPSA) is 49.4 Å². The highest BCUT2D eigenvalue weighted by atomic mass is 19.1. The molecule has 1 amide bonds. The van der Waals surface area contributed by atoms with E-state index in [0.717, 1.165) is 19.4 Å². The molecule has 0 spiro atoms. The molecule has 2 atom stereocenters. The molecule has 1 saturated heterocycles. The average Bonchev–Trinajstić information content (AvgIpc) is 2.68. The van der Waals surface area contributed by atoms with Crippen LogP contribution in [0.1, 0.15) is 37.0 Å². The van der Waals surface area contributed by atoms with Crippen LogP contribution in [0.15, 0.2) is 12.1 Å². The van der Waals surface area contributed by atoms with Crippen molar-refractivity contribution in [1.82, 2.24) is 0 Å². The fourth-order valence-corrected chi connectivity index (χ4v) is 3.00. The Hall–Kier alpha value is -1.91. The fourth-order valence-electron chi connectivity index (χ4n) is 3.00. The van der Waals surface area contributed by atoms with Crippen molar-refractivity contribution in [2.45, 2.75) is 32.7 Å². The van der Waals surface area contributed by atoms with Gasteiger partial charge in [0.05, 0.1) is 16.9 Å². The number of hydrogen-bond acceptors (Lipinski definition) is 3. The van der Waals surface area contributed by atoms with Gasteiger partial charge >= 0.3 is 0 Å². The zero-order valence-electron chi connectivity index (χ0n) is 11.6. The summed E-state index contributed by atoms with van der Waals surface area (Å²) in [4.78, 5) is 24.9. The van der Waals surface area contributed by atoms with Crippen molar-refractivity contribution in [3.63, 3.8) is 0 Å². The molecule has 1 aromatic rings. The molecule has 106 valence electrons. The van der Waals surface area contributed by atoms with Gasteiger partial charge in [0.25, 0.3) is 11.7 Å². The van der Waals surface area contributed by atoms with Crippen molar-refractivity contribution >= 4 is 23.1 Å². The molecule has 0 aromatic heterocycles. The summed E-state index contributed by atoms with van der Waals surface area (Å²) in [6.07, 6.45) is 2.16. The number of ketones is 1. The molecule has 1 N–H and O–H groups in total. The van der Waals surface area contributed by atoms with Gasteiger partial charge in [0, 0.05) is 12.6 Å². The lowest BCUT2D eigenvalue weighted by Crippen LogP contribution is -2.41. The number of fused-ring (bicyclic) bond motifs is 1. The van der Waals surface area contributed by atoms with E-state index in [4.69, 9.17) is 0 Å². The molecule has 20 heavy (non-hydrogen) atoms. The van der Waals surface area contributed by atoms with Crippen LogP contribution in [0.4, 0.5) is 15.8 Å². The summed E-state index contributed by atoms with van der Waals surface area (Å²) in [5.41, 5.74) is 1.02. The summed E-state index contributed by atoms with van der Waals surface area (Å²) in [5.74, 6) is -1.27. The molecule has 5 heteroatoms. The SMILES string of the molecule is CC1CCC(C)N(c2cc3c(cc2F)C(=O)C(=O)N3)C1. The van der Waals surface area contributed by atoms with E-state index in [9.17, 15) is 14.0 Å². The van der Waals surface area contributed by atoms with Crippen LogP contribution in [0.25, 0.3) is 0 Å². The van der Waals surface area contributed by atoms with E-state index >= 15 is 0 Å². The highest BCUT2D eigenvalue weighted by Gasteiger charge is 2.32. The summed E-state index contributed by atoms with van der Waals surface area (Å²) >= 11 is 0. The van der Waals surface area contributed by atoms with Gasteiger partial charge in [0.1, 0.15) is 5.82 Å². The molecule has 2 aliphatic rings. The van der Waals surface area contributed by atoms with Gasteiger partial charge in [-0.2, -0.15) is 0 Å². The van der Waals surface area contributed by atoms with Crippen molar-refractivity contribution in [3.05, 3.63) is 23.5 Å². The van der Waals surface area contributed by atoms with Crippen molar-refractivity contribution in [1.29, 1.82) is 0 Å². The van der Waals surface area contributed by atoms with Gasteiger partial charge in [-0.05, 0) is 37.8 Å². The number of carbonyl (C=O) groups is 2. The molecule has 4 nitrogen and oxygen atoms in total. The summed E-state index contributed by atoms with van der Waals surface area (Å²) in [5, 5.41) is 2.50. The van der Waals surface area contributed by atoms with E-state index in [0.29, 0.717) is 17.3 Å². The second-order valence-corrected chi connectivity index (χ2v) is 5.82. The number of nitrogens with one attached hydrogen (secondary N) is 1. The number of anilines is 2. The van der Waals surface area contributed by atoms with Gasteiger partial charge in [0.2, 0.25) is 0 Å². The van der Waals surface area contributed by atoms with E-state index in [1.54, 1.807) is 6.07 Å². The first-order valence-electron chi connectivity index (χ1n) is 6.93. The molecular weight excluding hydrogens is 259 g/mol. The molecule has 0 bridgehead atoms. The van der Waals surface area contributed by atoms with Crippen molar-refractivity contribution in [3.8, 4) is 0 Å². The molecule has 0 saturated carbocycles. The zero-order chi connectivity index (χ0) is 14.4. The molecule has 0 radical (unpaired) electrons. The van der Waals surface area contributed by atoms with Crippen LogP contribution in [0.5, 0.6) is 0 Å². The highest BCUT2D eigenvalue weighted by molar-refractivity contribution is 6.51. The zero-order valence-corrected chi connectivity index (χ0v) is 11.6. The third-order valence-electron chi connectivity index (χ3n) is 4.21. The van der Waals surface area contributed by atoms with Gasteiger partial charge in [0.15, 0.2) is 0 Å². The predicted molar refractivity (Wildman–Crippen MR) is 74.6 cm³/mol. The fraction of sp³-hybridized carbons (Fsp3) is 0.467. The number of nitrogens with zero attached hydrogens (tertiary/aromatic N) is 1. The van der Waals surface area contributed by atoms with Gasteiger partial charge in [-0.1, -0.05) is 6.92 Å². The number of hydrogen-bond donors (Lipinski definition) is 1. The van der Waals surface area contributed by atoms with Crippen LogP contribution >= 0.6 is 0 Å². The smallest absolute Gasteiger partial charge is 0.296 e. The van der Waals surface area contributed by atoms with Crippen LogP contribution in [0.3, 0.4) is 0 Å². The molecule has 2 aliphatic heterocycles. The van der Waals surface area contributed by atoms with Gasteiger partial charge in [-0.15, -0.1) is 0 Å². The van der Waals surface area contributed by atoms with Crippen molar-refractivity contribution in [2.24, 2.45) is 5.92 Å². The summed E-state index contributed by atoms with van der Waals surface area (Å²) in [7, 11) is 0. The van der Waals surface area contributed by atoms with Gasteiger partial charge in [-0.3, -0.25) is 9.59 Å². The number of Topliss-reactive ketones (excluding diaryl/α,β-unsaturated/α-hetero) is 1. The molecule has 1 aromatic carbocycles. The van der Waals surface area contributed by atoms with Crippen molar-refractivity contribution in [2.75, 3.05) is 16.8 Å². The Balaban J connectivity index is 2.01. The van der Waals surface area contributed by atoms with Crippen LogP contribution in [-0.4, -0.2) is 24.3 Å². The molecule has 0 aliphatic carbocycles. The third kappa shape index (κ3) is 1.97. The Morgan fingerprint density at radius 1 is 1.25 bits per heavy atom. The van der Waals surface area contributed by atoms with E-state index in [-0.39, 0.29) is 11.6 Å². The Morgan fingerprint density at radius 2 is 2.00 bits per heavy atom. The maximum atomic E-state index is 14.3. The standard InChI is InChI=1S/C15H17FN2O2/c1-8-3-4-9(2)18(7-8)13-6-12-10(5-11(13)16)14(19)15(20)17-12/h5-6,8-9H,3-4,7H2,1-2H3,(H,17,19,20). The molecule has 2 heterocycles. The predicted octanol–water partition coefficient (Wildman–Crippen LogP) is 2.59. The Kier molecular flexibility index (Phi) is 3.00. The number of benzene rings is 1. The van der Waals surface area contributed by atoms with Crippen molar-refractivity contribution < 1.29 is 14.0 Å². The largest absolute Gasteiger partial charge is 0.366 e. The van der Waals surface area contributed by atoms with E-state index in [2.05, 4.69) is 19.2 Å². The number of carbonyl (C=O) groups excluding carboxylic acids is 2. The first-order chi connectivity index (χ1) is 9.47. The van der Waals surface area contributed by atoms with Gasteiger partial charge in [-0.25, -0.2) is 4.39 Å². The van der Waals surface area contributed by atoms with Crippen LogP contribution in [0, 0.1) is 11.7 Å². The Morgan fingerprint density at radius 3 is 2.75 bits per heavy atom. The lowest BCUT2D eigenvalue weighted by Gasteiger charge is -2.38.